The third kappa shape index (κ3) is 2.84. The van der Waals surface area contributed by atoms with Crippen LogP contribution >= 0.6 is 0 Å². The van der Waals surface area contributed by atoms with Gasteiger partial charge in [-0.25, -0.2) is 0 Å². The van der Waals surface area contributed by atoms with Gasteiger partial charge in [0.25, 0.3) is 0 Å². The largest absolute Gasteiger partial charge is 0.285 e. The molecule has 2 rings (SSSR count). The predicted molar refractivity (Wildman–Crippen MR) is 64.0 cm³/mol. The van der Waals surface area contributed by atoms with E-state index in [9.17, 15) is 9.59 Å². The molecule has 0 N–H and O–H groups in total. The normalized spacial score (nSPS) is 9.18. The van der Waals surface area contributed by atoms with Crippen LogP contribution in [0.2, 0.25) is 0 Å². The first kappa shape index (κ1) is 12.8. The zero-order valence-electron chi connectivity index (χ0n) is 9.00. The minimum atomic E-state index is -0.466. The number of carbonyl (C=O) groups is 2. The number of benzene rings is 2. The number of rotatable bonds is 3. The van der Waals surface area contributed by atoms with Gasteiger partial charge < -0.3 is 0 Å². The summed E-state index contributed by atoms with van der Waals surface area (Å²) >= 11 is 0. The first-order valence-electron chi connectivity index (χ1n) is 4.98. The van der Waals surface area contributed by atoms with Crippen LogP contribution < -0.4 is 0 Å². The lowest BCUT2D eigenvalue weighted by molar-refractivity contribution is 0.0817. The lowest BCUT2D eigenvalue weighted by Gasteiger charge is -1.99. The molecule has 0 unspecified atom stereocenters. The van der Waals surface area contributed by atoms with E-state index in [1.54, 1.807) is 48.5 Å². The highest BCUT2D eigenvalue weighted by Crippen LogP contribution is 2.07. The number of Topliss-reactive ketones (excluding diaryl/α,β-unsaturated/α-hetero) is 2. The van der Waals surface area contributed by atoms with Crippen LogP contribution in [0.15, 0.2) is 60.7 Å². The molecule has 0 heterocycles. The quantitative estimate of drug-likeness (QED) is 0.600. The highest BCUT2D eigenvalue weighted by Gasteiger charge is 2.16. The van der Waals surface area contributed by atoms with E-state index in [-0.39, 0.29) is 4.70 Å². The van der Waals surface area contributed by atoms with E-state index in [0.717, 1.165) is 0 Å². The SMILES string of the molecule is F.O=C(C(=O)c1ccccc1)c1ccccc1. The van der Waals surface area contributed by atoms with Crippen molar-refractivity contribution in [2.45, 2.75) is 0 Å². The van der Waals surface area contributed by atoms with E-state index in [4.69, 9.17) is 0 Å². The van der Waals surface area contributed by atoms with Gasteiger partial charge in [0.2, 0.25) is 11.6 Å². The van der Waals surface area contributed by atoms with Crippen LogP contribution in [0.5, 0.6) is 0 Å². The van der Waals surface area contributed by atoms with Crippen molar-refractivity contribution in [3.05, 3.63) is 71.8 Å². The van der Waals surface area contributed by atoms with Gasteiger partial charge in [-0.15, -0.1) is 0 Å². The van der Waals surface area contributed by atoms with E-state index in [2.05, 4.69) is 0 Å². The molecule has 0 aliphatic rings. The Labute approximate surface area is 98.3 Å². The minimum Gasteiger partial charge on any atom is -0.285 e. The fraction of sp³-hybridized carbons (Fsp3) is 0. The van der Waals surface area contributed by atoms with Crippen LogP contribution in [0.3, 0.4) is 0 Å². The summed E-state index contributed by atoms with van der Waals surface area (Å²) in [5.74, 6) is -0.932. The summed E-state index contributed by atoms with van der Waals surface area (Å²) in [6, 6.07) is 17.2. The van der Waals surface area contributed by atoms with Crippen molar-refractivity contribution < 1.29 is 14.3 Å². The Morgan fingerprint density at radius 2 is 0.882 bits per heavy atom. The molecule has 2 aromatic rings. The Morgan fingerprint density at radius 1 is 0.588 bits per heavy atom. The van der Waals surface area contributed by atoms with Crippen molar-refractivity contribution >= 4 is 11.6 Å². The van der Waals surface area contributed by atoms with Crippen LogP contribution in [0.4, 0.5) is 4.70 Å². The molecule has 0 saturated heterocycles. The molecule has 86 valence electrons. The van der Waals surface area contributed by atoms with Crippen molar-refractivity contribution in [3.8, 4) is 0 Å². The molecular formula is C14H11FO2. The molecule has 0 amide bonds. The zero-order chi connectivity index (χ0) is 11.4. The minimum absolute atomic E-state index is 0. The second kappa shape index (κ2) is 5.70. The molecule has 2 nitrogen and oxygen atoms in total. The molecule has 0 saturated carbocycles. The maximum Gasteiger partial charge on any atom is 0.233 e. The molecule has 0 aromatic heterocycles. The van der Waals surface area contributed by atoms with Gasteiger partial charge in [-0.3, -0.25) is 14.3 Å². The smallest absolute Gasteiger partial charge is 0.233 e. The highest BCUT2D eigenvalue weighted by molar-refractivity contribution is 6.49. The molecule has 3 heteroatoms. The third-order valence-corrected chi connectivity index (χ3v) is 2.28. The summed E-state index contributed by atoms with van der Waals surface area (Å²) in [5, 5.41) is 0. The first-order valence-corrected chi connectivity index (χ1v) is 4.98. The fourth-order valence-corrected chi connectivity index (χ4v) is 1.44. The summed E-state index contributed by atoms with van der Waals surface area (Å²) in [5.41, 5.74) is 0.854. The Balaban J connectivity index is 0.00000144. The lowest BCUT2D eigenvalue weighted by Crippen LogP contribution is -2.14. The van der Waals surface area contributed by atoms with E-state index in [0.29, 0.717) is 11.1 Å². The fourth-order valence-electron chi connectivity index (χ4n) is 1.44. The standard InChI is InChI=1S/C14H10O2.FH/c15-13(11-7-3-1-4-8-11)14(16)12-9-5-2-6-10-12;/h1-10H;1H. The summed E-state index contributed by atoms with van der Waals surface area (Å²) in [6.07, 6.45) is 0. The van der Waals surface area contributed by atoms with E-state index >= 15 is 0 Å². The molecule has 2 aromatic carbocycles. The van der Waals surface area contributed by atoms with Crippen molar-refractivity contribution in [1.29, 1.82) is 0 Å². The molecular weight excluding hydrogens is 219 g/mol. The van der Waals surface area contributed by atoms with Gasteiger partial charge in [-0.05, 0) is 0 Å². The summed E-state index contributed by atoms with van der Waals surface area (Å²) in [4.78, 5) is 23.6. The summed E-state index contributed by atoms with van der Waals surface area (Å²) < 4.78 is 0. The molecule has 0 atom stereocenters. The average Bonchev–Trinajstić information content (AvgIpc) is 2.39. The second-order valence-corrected chi connectivity index (χ2v) is 3.39. The van der Waals surface area contributed by atoms with Gasteiger partial charge in [0.05, 0.1) is 0 Å². The molecule has 17 heavy (non-hydrogen) atoms. The Kier molecular flexibility index (Phi) is 4.29. The number of hydrogen-bond donors (Lipinski definition) is 0. The van der Waals surface area contributed by atoms with Crippen molar-refractivity contribution in [2.24, 2.45) is 0 Å². The summed E-state index contributed by atoms with van der Waals surface area (Å²) in [7, 11) is 0. The lowest BCUT2D eigenvalue weighted by atomic mass is 10.0. The molecule has 0 bridgehead atoms. The van der Waals surface area contributed by atoms with E-state index < -0.39 is 11.6 Å². The number of hydrogen-bond acceptors (Lipinski definition) is 2. The zero-order valence-corrected chi connectivity index (χ0v) is 9.00. The van der Waals surface area contributed by atoms with Crippen LogP contribution in [0.25, 0.3) is 0 Å². The van der Waals surface area contributed by atoms with Crippen LogP contribution in [-0.2, 0) is 0 Å². The van der Waals surface area contributed by atoms with E-state index in [1.165, 1.54) is 0 Å². The van der Waals surface area contributed by atoms with Crippen molar-refractivity contribution in [1.82, 2.24) is 0 Å². The van der Waals surface area contributed by atoms with Crippen molar-refractivity contribution in [3.63, 3.8) is 0 Å². The molecule has 0 aliphatic heterocycles. The second-order valence-electron chi connectivity index (χ2n) is 3.39. The van der Waals surface area contributed by atoms with Gasteiger partial charge in [0.1, 0.15) is 0 Å². The topological polar surface area (TPSA) is 34.1 Å². The first-order chi connectivity index (χ1) is 7.79. The number of ketones is 2. The summed E-state index contributed by atoms with van der Waals surface area (Å²) in [6.45, 7) is 0. The molecule has 0 spiro atoms. The Hall–Kier alpha value is -2.29. The van der Waals surface area contributed by atoms with Gasteiger partial charge in [-0.1, -0.05) is 60.7 Å². The van der Waals surface area contributed by atoms with Gasteiger partial charge in [-0.2, -0.15) is 0 Å². The Bertz CT molecular complexity index is 457. The van der Waals surface area contributed by atoms with Crippen LogP contribution in [0.1, 0.15) is 20.7 Å². The maximum atomic E-state index is 11.8. The van der Waals surface area contributed by atoms with Crippen LogP contribution in [-0.4, -0.2) is 11.6 Å². The monoisotopic (exact) mass is 230 g/mol. The predicted octanol–water partition coefficient (Wildman–Crippen LogP) is 2.90. The maximum absolute atomic E-state index is 11.8. The molecule has 0 radical (unpaired) electrons. The Morgan fingerprint density at radius 3 is 1.18 bits per heavy atom. The number of halogens is 1. The average molecular weight is 230 g/mol. The third-order valence-electron chi connectivity index (χ3n) is 2.28. The van der Waals surface area contributed by atoms with Gasteiger partial charge in [0, 0.05) is 11.1 Å². The van der Waals surface area contributed by atoms with Crippen LogP contribution in [0, 0.1) is 0 Å². The van der Waals surface area contributed by atoms with E-state index in [1.807, 2.05) is 12.1 Å². The van der Waals surface area contributed by atoms with Crippen molar-refractivity contribution in [2.75, 3.05) is 0 Å². The highest BCUT2D eigenvalue weighted by atomic mass is 19.0. The molecule has 0 aliphatic carbocycles. The van der Waals surface area contributed by atoms with Gasteiger partial charge >= 0.3 is 0 Å². The van der Waals surface area contributed by atoms with Gasteiger partial charge in [0.15, 0.2) is 0 Å². The molecule has 0 fully saturated rings. The number of carbonyl (C=O) groups excluding carboxylic acids is 2.